The number of nitrogens with zero attached hydrogens (tertiary/aromatic N) is 1. The number of halogens is 1. The molecule has 0 atom stereocenters. The van der Waals surface area contributed by atoms with Crippen molar-refractivity contribution in [3.05, 3.63) is 21.8 Å². The van der Waals surface area contributed by atoms with Gasteiger partial charge in [0.25, 0.3) is 0 Å². The van der Waals surface area contributed by atoms with E-state index in [0.717, 1.165) is 15.0 Å². The van der Waals surface area contributed by atoms with E-state index in [-0.39, 0.29) is 5.97 Å². The van der Waals surface area contributed by atoms with E-state index < -0.39 is 0 Å². The molecule has 0 N–H and O–H groups in total. The maximum atomic E-state index is 11.1. The first-order chi connectivity index (χ1) is 8.08. The zero-order valence-corrected chi connectivity index (χ0v) is 12.4. The van der Waals surface area contributed by atoms with Crippen molar-refractivity contribution in [2.75, 3.05) is 32.7 Å². The molecule has 0 aromatic heterocycles. The topological polar surface area (TPSA) is 38.8 Å². The van der Waals surface area contributed by atoms with Crippen molar-refractivity contribution >= 4 is 34.2 Å². The van der Waals surface area contributed by atoms with Gasteiger partial charge in [-0.05, 0) is 40.8 Å². The quantitative estimate of drug-likeness (QED) is 0.604. The van der Waals surface area contributed by atoms with Crippen molar-refractivity contribution in [3.63, 3.8) is 0 Å². The van der Waals surface area contributed by atoms with Gasteiger partial charge >= 0.3 is 5.97 Å². The highest BCUT2D eigenvalue weighted by molar-refractivity contribution is 14.1. The molecule has 4 nitrogen and oxygen atoms in total. The smallest absolute Gasteiger partial charge is 0.307 e. The maximum Gasteiger partial charge on any atom is 0.307 e. The summed E-state index contributed by atoms with van der Waals surface area (Å²) in [6, 6.07) is 5.86. The van der Waals surface area contributed by atoms with Gasteiger partial charge in [0.1, 0.15) is 5.75 Å². The van der Waals surface area contributed by atoms with Crippen LogP contribution in [0.1, 0.15) is 6.42 Å². The third kappa shape index (κ3) is 4.07. The summed E-state index contributed by atoms with van der Waals surface area (Å²) in [5, 5.41) is 0. The summed E-state index contributed by atoms with van der Waals surface area (Å²) in [6.07, 6.45) is 0.384. The van der Waals surface area contributed by atoms with Crippen LogP contribution in [0.3, 0.4) is 0 Å². The first-order valence-corrected chi connectivity index (χ1v) is 6.28. The van der Waals surface area contributed by atoms with Crippen LogP contribution in [0.25, 0.3) is 0 Å². The van der Waals surface area contributed by atoms with Gasteiger partial charge in [0.15, 0.2) is 0 Å². The van der Waals surface area contributed by atoms with Crippen molar-refractivity contribution in [2.45, 2.75) is 6.42 Å². The predicted molar refractivity (Wildman–Crippen MR) is 75.6 cm³/mol. The molecular weight excluding hydrogens is 333 g/mol. The lowest BCUT2D eigenvalue weighted by atomic mass is 10.2. The average molecular weight is 349 g/mol. The number of methoxy groups -OCH3 is 2. The molecule has 0 saturated heterocycles. The fourth-order valence-electron chi connectivity index (χ4n) is 1.41. The Bertz CT molecular complexity index is 395. The molecule has 0 unspecified atom stereocenters. The van der Waals surface area contributed by atoms with Gasteiger partial charge in [-0.25, -0.2) is 0 Å². The van der Waals surface area contributed by atoms with Crippen LogP contribution in [0.2, 0.25) is 0 Å². The molecule has 5 heteroatoms. The van der Waals surface area contributed by atoms with E-state index >= 15 is 0 Å². The maximum absolute atomic E-state index is 11.1. The molecule has 1 aromatic rings. The minimum absolute atomic E-state index is 0.194. The van der Waals surface area contributed by atoms with Gasteiger partial charge in [0.2, 0.25) is 0 Å². The summed E-state index contributed by atoms with van der Waals surface area (Å²) in [5.41, 5.74) is 1.08. The van der Waals surface area contributed by atoms with Gasteiger partial charge in [0.05, 0.1) is 26.3 Å². The Hall–Kier alpha value is -0.980. The van der Waals surface area contributed by atoms with E-state index in [4.69, 9.17) is 4.74 Å². The Kier molecular flexibility index (Phi) is 5.54. The molecule has 1 rings (SSSR count). The standard InChI is InChI=1S/C12H16INO3/c1-14(7-6-12(15)17-3)11-5-4-9(16-2)8-10(11)13/h4-5,8H,6-7H2,1-3H3. The summed E-state index contributed by atoms with van der Waals surface area (Å²) in [7, 11) is 5.00. The number of esters is 1. The number of benzene rings is 1. The second-order valence-corrected chi connectivity index (χ2v) is 4.73. The monoisotopic (exact) mass is 349 g/mol. The molecule has 17 heavy (non-hydrogen) atoms. The molecular formula is C12H16INO3. The van der Waals surface area contributed by atoms with E-state index in [1.54, 1.807) is 7.11 Å². The normalized spacial score (nSPS) is 9.88. The van der Waals surface area contributed by atoms with Gasteiger partial charge in [-0.15, -0.1) is 0 Å². The lowest BCUT2D eigenvalue weighted by molar-refractivity contribution is -0.140. The summed E-state index contributed by atoms with van der Waals surface area (Å²) >= 11 is 2.25. The predicted octanol–water partition coefficient (Wildman–Crippen LogP) is 2.30. The van der Waals surface area contributed by atoms with Crippen molar-refractivity contribution < 1.29 is 14.3 Å². The summed E-state index contributed by atoms with van der Waals surface area (Å²) < 4.78 is 10.9. The van der Waals surface area contributed by atoms with Crippen LogP contribution in [0.4, 0.5) is 5.69 Å². The van der Waals surface area contributed by atoms with Crippen LogP contribution >= 0.6 is 22.6 Å². The second kappa shape index (κ2) is 6.68. The van der Waals surface area contributed by atoms with E-state index in [1.807, 2.05) is 30.1 Å². The second-order valence-electron chi connectivity index (χ2n) is 3.57. The van der Waals surface area contributed by atoms with Crippen LogP contribution in [-0.2, 0) is 9.53 Å². The zero-order chi connectivity index (χ0) is 12.8. The van der Waals surface area contributed by atoms with Gasteiger partial charge in [-0.2, -0.15) is 0 Å². The van der Waals surface area contributed by atoms with Crippen molar-refractivity contribution in [1.29, 1.82) is 0 Å². The fraction of sp³-hybridized carbons (Fsp3) is 0.417. The van der Waals surface area contributed by atoms with Crippen molar-refractivity contribution in [3.8, 4) is 5.75 Å². The molecule has 0 aliphatic heterocycles. The van der Waals surface area contributed by atoms with Crippen LogP contribution in [-0.4, -0.2) is 33.8 Å². The highest BCUT2D eigenvalue weighted by Gasteiger charge is 2.09. The van der Waals surface area contributed by atoms with Gasteiger partial charge in [-0.3, -0.25) is 4.79 Å². The fourth-order valence-corrected chi connectivity index (χ4v) is 2.30. The zero-order valence-electron chi connectivity index (χ0n) is 10.2. The Balaban J connectivity index is 2.68. The summed E-state index contributed by atoms with van der Waals surface area (Å²) in [5.74, 6) is 0.639. The van der Waals surface area contributed by atoms with E-state index in [2.05, 4.69) is 27.3 Å². The Morgan fingerprint density at radius 3 is 2.65 bits per heavy atom. The van der Waals surface area contributed by atoms with Gasteiger partial charge in [-0.1, -0.05) is 0 Å². The number of rotatable bonds is 5. The highest BCUT2D eigenvalue weighted by atomic mass is 127. The molecule has 0 aliphatic carbocycles. The summed E-state index contributed by atoms with van der Waals surface area (Å²) in [4.78, 5) is 13.1. The molecule has 0 spiro atoms. The molecule has 0 heterocycles. The van der Waals surface area contributed by atoms with Gasteiger partial charge < -0.3 is 14.4 Å². The third-order valence-corrected chi connectivity index (χ3v) is 3.31. The van der Waals surface area contributed by atoms with Gasteiger partial charge in [0, 0.05) is 17.2 Å². The lowest BCUT2D eigenvalue weighted by Gasteiger charge is -2.20. The van der Waals surface area contributed by atoms with Crippen molar-refractivity contribution in [2.24, 2.45) is 0 Å². The number of ether oxygens (including phenoxy) is 2. The molecule has 1 aromatic carbocycles. The number of hydrogen-bond donors (Lipinski definition) is 0. The molecule has 0 aliphatic rings. The minimum Gasteiger partial charge on any atom is -0.497 e. The van der Waals surface area contributed by atoms with Crippen LogP contribution in [0.15, 0.2) is 18.2 Å². The Morgan fingerprint density at radius 1 is 1.41 bits per heavy atom. The lowest BCUT2D eigenvalue weighted by Crippen LogP contribution is -2.22. The molecule has 0 saturated carbocycles. The van der Waals surface area contributed by atoms with Crippen LogP contribution in [0.5, 0.6) is 5.75 Å². The first-order valence-electron chi connectivity index (χ1n) is 5.20. The van der Waals surface area contributed by atoms with Crippen LogP contribution in [0, 0.1) is 3.57 Å². The van der Waals surface area contributed by atoms with Crippen molar-refractivity contribution in [1.82, 2.24) is 0 Å². The average Bonchev–Trinajstić information content (AvgIpc) is 2.35. The van der Waals surface area contributed by atoms with E-state index in [9.17, 15) is 4.79 Å². The molecule has 0 bridgehead atoms. The highest BCUT2D eigenvalue weighted by Crippen LogP contribution is 2.26. The van der Waals surface area contributed by atoms with Crippen LogP contribution < -0.4 is 9.64 Å². The molecule has 94 valence electrons. The number of carbonyl (C=O) groups is 1. The first kappa shape index (κ1) is 14.1. The molecule has 0 radical (unpaired) electrons. The van der Waals surface area contributed by atoms with E-state index in [0.29, 0.717) is 13.0 Å². The number of carbonyl (C=O) groups excluding carboxylic acids is 1. The Labute approximate surface area is 115 Å². The SMILES string of the molecule is COC(=O)CCN(C)c1ccc(OC)cc1I. The summed E-state index contributed by atoms with van der Waals surface area (Å²) in [6.45, 7) is 0.634. The number of hydrogen-bond acceptors (Lipinski definition) is 4. The molecule has 0 amide bonds. The molecule has 0 fully saturated rings. The number of anilines is 1. The van der Waals surface area contributed by atoms with E-state index in [1.165, 1.54) is 7.11 Å². The third-order valence-electron chi connectivity index (χ3n) is 2.45. The minimum atomic E-state index is -0.194. The Morgan fingerprint density at radius 2 is 2.12 bits per heavy atom. The largest absolute Gasteiger partial charge is 0.497 e.